The molecule has 0 spiro atoms. The third-order valence-corrected chi connectivity index (χ3v) is 3.84. The molecule has 0 aromatic rings. The lowest BCUT2D eigenvalue weighted by Crippen LogP contribution is -2.57. The van der Waals surface area contributed by atoms with Gasteiger partial charge in [-0.15, -0.1) is 0 Å². The largest absolute Gasteiger partial charge is 0.375 e. The Morgan fingerprint density at radius 2 is 2.20 bits per heavy atom. The van der Waals surface area contributed by atoms with E-state index in [-0.39, 0.29) is 0 Å². The van der Waals surface area contributed by atoms with E-state index in [4.69, 9.17) is 4.74 Å². The zero-order chi connectivity index (χ0) is 10.7. The van der Waals surface area contributed by atoms with Crippen molar-refractivity contribution in [2.75, 3.05) is 26.7 Å². The molecule has 1 heterocycles. The van der Waals surface area contributed by atoms with Crippen molar-refractivity contribution < 1.29 is 4.74 Å². The molecule has 3 heteroatoms. The Labute approximate surface area is 93.2 Å². The van der Waals surface area contributed by atoms with Gasteiger partial charge in [-0.1, -0.05) is 12.8 Å². The molecule has 1 saturated carbocycles. The zero-order valence-corrected chi connectivity index (χ0v) is 10.0. The number of nitrogens with one attached hydrogen (secondary N) is 1. The number of likely N-dealkylation sites (N-methyl/N-ethyl adjacent to an activating group) is 1. The number of rotatable bonds is 3. The minimum Gasteiger partial charge on any atom is -0.375 e. The lowest BCUT2D eigenvalue weighted by molar-refractivity contribution is -0.0996. The van der Waals surface area contributed by atoms with Crippen molar-refractivity contribution in [1.29, 1.82) is 0 Å². The van der Waals surface area contributed by atoms with Crippen molar-refractivity contribution >= 4 is 0 Å². The second-order valence-corrected chi connectivity index (χ2v) is 4.91. The van der Waals surface area contributed by atoms with E-state index in [1.165, 1.54) is 25.7 Å². The van der Waals surface area contributed by atoms with Crippen LogP contribution in [0, 0.1) is 0 Å². The monoisotopic (exact) mass is 212 g/mol. The summed E-state index contributed by atoms with van der Waals surface area (Å²) in [5, 5.41) is 3.28. The van der Waals surface area contributed by atoms with Crippen molar-refractivity contribution in [3.63, 3.8) is 0 Å². The average molecular weight is 212 g/mol. The lowest BCUT2D eigenvalue weighted by atomic mass is 9.89. The highest BCUT2D eigenvalue weighted by Crippen LogP contribution is 2.29. The topological polar surface area (TPSA) is 24.5 Å². The van der Waals surface area contributed by atoms with Gasteiger partial charge in [0.25, 0.3) is 0 Å². The van der Waals surface area contributed by atoms with Gasteiger partial charge in [-0.25, -0.2) is 0 Å². The van der Waals surface area contributed by atoms with Gasteiger partial charge in [-0.05, 0) is 26.8 Å². The molecule has 0 aromatic carbocycles. The van der Waals surface area contributed by atoms with E-state index in [0.717, 1.165) is 19.7 Å². The summed E-state index contributed by atoms with van der Waals surface area (Å²) in [6.07, 6.45) is 5.86. The Morgan fingerprint density at radius 3 is 3.00 bits per heavy atom. The smallest absolute Gasteiger partial charge is 0.0731 e. The van der Waals surface area contributed by atoms with Gasteiger partial charge in [0.05, 0.1) is 12.7 Å². The zero-order valence-electron chi connectivity index (χ0n) is 10.0. The molecule has 0 radical (unpaired) electrons. The van der Waals surface area contributed by atoms with Crippen LogP contribution in [-0.4, -0.2) is 49.8 Å². The van der Waals surface area contributed by atoms with Crippen LogP contribution in [0.15, 0.2) is 0 Å². The maximum absolute atomic E-state index is 5.88. The van der Waals surface area contributed by atoms with Gasteiger partial charge in [0.15, 0.2) is 0 Å². The second kappa shape index (κ2) is 5.28. The molecule has 3 atom stereocenters. The second-order valence-electron chi connectivity index (χ2n) is 4.91. The highest BCUT2D eigenvalue weighted by Gasteiger charge is 2.35. The van der Waals surface area contributed by atoms with E-state index in [2.05, 4.69) is 17.1 Å². The molecule has 1 N–H and O–H groups in total. The first kappa shape index (κ1) is 11.4. The third-order valence-electron chi connectivity index (χ3n) is 3.84. The van der Waals surface area contributed by atoms with E-state index in [0.29, 0.717) is 18.2 Å². The fourth-order valence-corrected chi connectivity index (χ4v) is 3.09. The molecule has 0 aromatic heterocycles. The van der Waals surface area contributed by atoms with Gasteiger partial charge in [-0.2, -0.15) is 0 Å². The molecule has 0 bridgehead atoms. The Balaban J connectivity index is 1.96. The fourth-order valence-electron chi connectivity index (χ4n) is 3.09. The summed E-state index contributed by atoms with van der Waals surface area (Å²) < 4.78 is 5.88. The van der Waals surface area contributed by atoms with Crippen LogP contribution in [-0.2, 0) is 4.74 Å². The van der Waals surface area contributed by atoms with Crippen LogP contribution in [0.4, 0.5) is 0 Å². The Bertz CT molecular complexity index is 196. The quantitative estimate of drug-likeness (QED) is 0.762. The standard InChI is InChI=1S/C12H24N2O/c1-10(9-13-2)14-7-8-15-12-6-4-3-5-11(12)14/h10-13H,3-9H2,1-2H3. The van der Waals surface area contributed by atoms with E-state index < -0.39 is 0 Å². The molecule has 3 unspecified atom stereocenters. The summed E-state index contributed by atoms with van der Waals surface area (Å²) in [5.41, 5.74) is 0. The van der Waals surface area contributed by atoms with Gasteiger partial charge in [0.2, 0.25) is 0 Å². The Morgan fingerprint density at radius 1 is 1.40 bits per heavy atom. The highest BCUT2D eigenvalue weighted by atomic mass is 16.5. The lowest BCUT2D eigenvalue weighted by Gasteiger charge is -2.46. The molecule has 2 rings (SSSR count). The van der Waals surface area contributed by atoms with Crippen LogP contribution in [0.3, 0.4) is 0 Å². The van der Waals surface area contributed by atoms with Crippen molar-refractivity contribution in [3.05, 3.63) is 0 Å². The van der Waals surface area contributed by atoms with Gasteiger partial charge in [0, 0.05) is 25.2 Å². The maximum Gasteiger partial charge on any atom is 0.0731 e. The van der Waals surface area contributed by atoms with Gasteiger partial charge < -0.3 is 10.1 Å². The molecule has 2 aliphatic rings. The minimum atomic E-state index is 0.520. The molecule has 1 saturated heterocycles. The normalized spacial score (nSPS) is 34.8. The van der Waals surface area contributed by atoms with Gasteiger partial charge in [-0.3, -0.25) is 4.90 Å². The van der Waals surface area contributed by atoms with E-state index >= 15 is 0 Å². The van der Waals surface area contributed by atoms with Crippen molar-refractivity contribution in [1.82, 2.24) is 10.2 Å². The average Bonchev–Trinajstić information content (AvgIpc) is 2.28. The van der Waals surface area contributed by atoms with Crippen LogP contribution in [0.1, 0.15) is 32.6 Å². The van der Waals surface area contributed by atoms with Crippen molar-refractivity contribution in [2.45, 2.75) is 50.8 Å². The summed E-state index contributed by atoms with van der Waals surface area (Å²) in [5.74, 6) is 0. The fraction of sp³-hybridized carbons (Fsp3) is 1.00. The van der Waals surface area contributed by atoms with Gasteiger partial charge in [0.1, 0.15) is 0 Å². The van der Waals surface area contributed by atoms with Gasteiger partial charge >= 0.3 is 0 Å². The van der Waals surface area contributed by atoms with E-state index in [1.807, 2.05) is 7.05 Å². The van der Waals surface area contributed by atoms with Crippen LogP contribution >= 0.6 is 0 Å². The molecule has 1 aliphatic heterocycles. The summed E-state index contributed by atoms with van der Waals surface area (Å²) in [6, 6.07) is 1.33. The Hall–Kier alpha value is -0.120. The van der Waals surface area contributed by atoms with Crippen LogP contribution in [0.25, 0.3) is 0 Å². The molecule has 2 fully saturated rings. The maximum atomic E-state index is 5.88. The first-order chi connectivity index (χ1) is 7.33. The molecule has 0 amide bonds. The SMILES string of the molecule is CNCC(C)N1CCOC2CCCCC21. The molecule has 15 heavy (non-hydrogen) atoms. The van der Waals surface area contributed by atoms with Crippen molar-refractivity contribution in [3.8, 4) is 0 Å². The number of nitrogens with zero attached hydrogens (tertiary/aromatic N) is 1. The van der Waals surface area contributed by atoms with Crippen LogP contribution in [0.2, 0.25) is 0 Å². The van der Waals surface area contributed by atoms with Crippen LogP contribution in [0.5, 0.6) is 0 Å². The number of ether oxygens (including phenoxy) is 1. The third kappa shape index (κ3) is 2.52. The van der Waals surface area contributed by atoms with E-state index in [1.54, 1.807) is 0 Å². The Kier molecular flexibility index (Phi) is 4.00. The molecule has 3 nitrogen and oxygen atoms in total. The predicted molar refractivity (Wildman–Crippen MR) is 62.1 cm³/mol. The first-order valence-corrected chi connectivity index (χ1v) is 6.35. The first-order valence-electron chi connectivity index (χ1n) is 6.35. The van der Waals surface area contributed by atoms with Crippen LogP contribution < -0.4 is 5.32 Å². The summed E-state index contributed by atoms with van der Waals surface area (Å²) in [7, 11) is 2.04. The molecular formula is C12H24N2O. The van der Waals surface area contributed by atoms with E-state index in [9.17, 15) is 0 Å². The predicted octanol–water partition coefficient (Wildman–Crippen LogP) is 1.24. The number of morpholine rings is 1. The summed E-state index contributed by atoms with van der Waals surface area (Å²) in [6.45, 7) is 5.45. The molecular weight excluding hydrogens is 188 g/mol. The number of hydrogen-bond donors (Lipinski definition) is 1. The minimum absolute atomic E-state index is 0.520. The number of fused-ring (bicyclic) bond motifs is 1. The number of hydrogen-bond acceptors (Lipinski definition) is 3. The van der Waals surface area contributed by atoms with Crippen molar-refractivity contribution in [2.24, 2.45) is 0 Å². The molecule has 1 aliphatic carbocycles. The summed E-state index contributed by atoms with van der Waals surface area (Å²) >= 11 is 0. The highest BCUT2D eigenvalue weighted by molar-refractivity contribution is 4.89. The summed E-state index contributed by atoms with van der Waals surface area (Å²) in [4.78, 5) is 2.66. The molecule has 88 valence electrons.